The summed E-state index contributed by atoms with van der Waals surface area (Å²) in [4.78, 5) is 23.1. The van der Waals surface area contributed by atoms with Crippen molar-refractivity contribution < 1.29 is 37.3 Å². The summed E-state index contributed by atoms with van der Waals surface area (Å²) in [6.07, 6.45) is 70.0. The van der Waals surface area contributed by atoms with Crippen molar-refractivity contribution >= 4 is 13.8 Å². The quantitative estimate of drug-likeness (QED) is 0.0213. The van der Waals surface area contributed by atoms with Gasteiger partial charge >= 0.3 is 13.8 Å². The molecule has 0 fully saturated rings. The topological polar surface area (TPSA) is 91.3 Å². The summed E-state index contributed by atoms with van der Waals surface area (Å²) in [5, 5.41) is 0. The fourth-order valence-corrected chi connectivity index (χ4v) is 9.09. The van der Waals surface area contributed by atoms with Gasteiger partial charge in [0.25, 0.3) is 0 Å². The van der Waals surface area contributed by atoms with Crippen molar-refractivity contribution in [3.8, 4) is 0 Å². The second-order valence-electron chi connectivity index (χ2n) is 21.0. The molecule has 0 amide bonds. The lowest BCUT2D eigenvalue weighted by Crippen LogP contribution is -2.37. The molecule has 70 heavy (non-hydrogen) atoms. The highest BCUT2D eigenvalue weighted by atomic mass is 31.2. The maximum atomic E-state index is 12.8. The highest BCUT2D eigenvalue weighted by molar-refractivity contribution is 7.47. The molecule has 0 spiro atoms. The Morgan fingerprint density at radius 3 is 1.24 bits per heavy atom. The van der Waals surface area contributed by atoms with Gasteiger partial charge in [0.05, 0.1) is 34.4 Å². The lowest BCUT2D eigenvalue weighted by atomic mass is 10.0. The third-order valence-corrected chi connectivity index (χ3v) is 13.8. The predicted molar refractivity (Wildman–Crippen MR) is 302 cm³/mol. The van der Waals surface area contributed by atoms with Gasteiger partial charge in [0.1, 0.15) is 19.3 Å². The number of quaternary nitrogens is 1. The lowest BCUT2D eigenvalue weighted by Gasteiger charge is -2.24. The van der Waals surface area contributed by atoms with Gasteiger partial charge in [0, 0.05) is 13.0 Å². The molecule has 1 N–H and O–H groups in total. The molecule has 0 aliphatic heterocycles. The van der Waals surface area contributed by atoms with Crippen LogP contribution < -0.4 is 0 Å². The summed E-state index contributed by atoms with van der Waals surface area (Å²) < 4.78 is 35.3. The molecule has 2 unspecified atom stereocenters. The van der Waals surface area contributed by atoms with Crippen molar-refractivity contribution in [2.75, 3.05) is 54.1 Å². The monoisotopic (exact) mass is 1000 g/mol. The fraction of sp³-hybridized carbons (Fsp3) is 0.820. The van der Waals surface area contributed by atoms with Crippen LogP contribution >= 0.6 is 7.82 Å². The van der Waals surface area contributed by atoms with Gasteiger partial charge in [0.2, 0.25) is 0 Å². The van der Waals surface area contributed by atoms with E-state index in [0.29, 0.717) is 24.1 Å². The Morgan fingerprint density at radius 2 is 0.829 bits per heavy atom. The third-order valence-electron chi connectivity index (χ3n) is 12.8. The zero-order valence-corrected chi connectivity index (χ0v) is 47.6. The third kappa shape index (κ3) is 57.1. The molecule has 9 heteroatoms. The number of esters is 1. The van der Waals surface area contributed by atoms with Crippen molar-refractivity contribution in [1.29, 1.82) is 0 Å². The van der Waals surface area contributed by atoms with Crippen molar-refractivity contribution in [1.82, 2.24) is 0 Å². The highest BCUT2D eigenvalue weighted by Gasteiger charge is 2.26. The van der Waals surface area contributed by atoms with Crippen LogP contribution in [0, 0.1) is 0 Å². The fourth-order valence-electron chi connectivity index (χ4n) is 8.35. The van der Waals surface area contributed by atoms with Crippen molar-refractivity contribution in [3.05, 3.63) is 60.8 Å². The molecule has 0 aromatic rings. The van der Waals surface area contributed by atoms with E-state index in [1.807, 2.05) is 21.1 Å². The molecular weight excluding hydrogens is 890 g/mol. The first-order chi connectivity index (χ1) is 34.1. The number of hydrogen-bond acceptors (Lipinski definition) is 6. The second-order valence-corrected chi connectivity index (χ2v) is 22.5. The smallest absolute Gasteiger partial charge is 0.457 e. The van der Waals surface area contributed by atoms with E-state index in [2.05, 4.69) is 74.6 Å². The number of unbranched alkanes of at least 4 members (excludes halogenated alkanes) is 31. The Kier molecular flexibility index (Phi) is 52.1. The van der Waals surface area contributed by atoms with Gasteiger partial charge in [-0.3, -0.25) is 13.8 Å². The average molecular weight is 1010 g/mol. The molecular formula is C61H115NO7P+. The van der Waals surface area contributed by atoms with E-state index < -0.39 is 13.9 Å². The van der Waals surface area contributed by atoms with Crippen LogP contribution in [0.15, 0.2) is 60.8 Å². The number of likely N-dealkylation sites (N-methyl/N-ethyl adjacent to an activating group) is 1. The molecule has 0 aromatic carbocycles. The van der Waals surface area contributed by atoms with Crippen LogP contribution in [-0.2, 0) is 27.9 Å². The van der Waals surface area contributed by atoms with Gasteiger partial charge in [-0.1, -0.05) is 261 Å². The van der Waals surface area contributed by atoms with E-state index in [-0.39, 0.29) is 25.8 Å². The first-order valence-corrected chi connectivity index (χ1v) is 31.0. The zero-order valence-electron chi connectivity index (χ0n) is 46.8. The molecule has 410 valence electrons. The maximum Gasteiger partial charge on any atom is 0.472 e. The van der Waals surface area contributed by atoms with Crippen LogP contribution in [0.25, 0.3) is 0 Å². The first kappa shape index (κ1) is 68.2. The number of phosphoric acid groups is 1. The Balaban J connectivity index is 4.07. The summed E-state index contributed by atoms with van der Waals surface area (Å²) in [6.45, 7) is 5.53. The largest absolute Gasteiger partial charge is 0.472 e. The van der Waals surface area contributed by atoms with E-state index in [4.69, 9.17) is 18.5 Å². The molecule has 0 radical (unpaired) electrons. The SMILES string of the molecule is CC/C=C\C/C=C\C/C=C\C/C=C\C/C=C\CCCCCCCCCCOCC(COP(=O)(O)OCC[N+](C)(C)C)OC(=O)CCCCCCCCCCCCCCCCCCCCCCCCCC. The van der Waals surface area contributed by atoms with Crippen molar-refractivity contribution in [2.45, 2.75) is 270 Å². The van der Waals surface area contributed by atoms with Gasteiger partial charge in [-0.15, -0.1) is 0 Å². The molecule has 0 aliphatic rings. The molecule has 8 nitrogen and oxygen atoms in total. The number of hydrogen-bond donors (Lipinski definition) is 1. The van der Waals surface area contributed by atoms with E-state index in [1.54, 1.807) is 0 Å². The van der Waals surface area contributed by atoms with E-state index in [1.165, 1.54) is 173 Å². The number of nitrogens with zero attached hydrogens (tertiary/aromatic N) is 1. The molecule has 0 rings (SSSR count). The first-order valence-electron chi connectivity index (χ1n) is 29.5. The molecule has 2 atom stereocenters. The Labute approximate surface area is 434 Å². The van der Waals surface area contributed by atoms with Gasteiger partial charge in [-0.05, 0) is 57.8 Å². The summed E-state index contributed by atoms with van der Waals surface area (Å²) in [7, 11) is 1.67. The van der Waals surface area contributed by atoms with Crippen LogP contribution in [0.2, 0.25) is 0 Å². The van der Waals surface area contributed by atoms with Crippen LogP contribution in [0.3, 0.4) is 0 Å². The minimum atomic E-state index is -4.29. The molecule has 0 saturated carbocycles. The van der Waals surface area contributed by atoms with Crippen LogP contribution in [-0.4, -0.2) is 75.6 Å². The van der Waals surface area contributed by atoms with E-state index in [0.717, 1.165) is 70.6 Å². The van der Waals surface area contributed by atoms with Gasteiger partial charge in [-0.25, -0.2) is 4.57 Å². The van der Waals surface area contributed by atoms with Crippen LogP contribution in [0.4, 0.5) is 0 Å². The molecule has 0 saturated heterocycles. The van der Waals surface area contributed by atoms with Crippen LogP contribution in [0.1, 0.15) is 264 Å². The Morgan fingerprint density at radius 1 is 0.457 bits per heavy atom. The average Bonchev–Trinajstić information content (AvgIpc) is 3.32. The number of carbonyl (C=O) groups is 1. The molecule has 0 aliphatic carbocycles. The number of allylic oxidation sites excluding steroid dienone is 10. The summed E-state index contributed by atoms with van der Waals surface area (Å²) >= 11 is 0. The van der Waals surface area contributed by atoms with Gasteiger partial charge in [-0.2, -0.15) is 0 Å². The molecule has 0 bridgehead atoms. The Bertz CT molecular complexity index is 1300. The normalized spacial score (nSPS) is 13.9. The maximum absolute atomic E-state index is 12.8. The van der Waals surface area contributed by atoms with Gasteiger partial charge < -0.3 is 18.9 Å². The predicted octanol–water partition coefficient (Wildman–Crippen LogP) is 18.8. The summed E-state index contributed by atoms with van der Waals surface area (Å²) in [5.41, 5.74) is 0. The summed E-state index contributed by atoms with van der Waals surface area (Å²) in [5.74, 6) is -0.312. The summed E-state index contributed by atoms with van der Waals surface area (Å²) in [6, 6.07) is 0. The Hall–Kier alpha value is -1.80. The number of ether oxygens (including phenoxy) is 2. The standard InChI is InChI=1S/C61H114NO7P/c1-6-8-10-12-14-16-18-20-22-24-26-28-30-32-34-36-38-40-42-44-46-48-50-52-54-61(63)69-60(59-68-70(64,65)67-57-55-62(3,4)5)58-66-56-53-51-49-47-45-43-41-39-37-35-33-31-29-27-25-23-21-19-17-15-13-11-9-7-2/h9,11,15,17,21,23,27,29,33,35,60H,6-8,10,12-14,16,18-20,22,24-26,28,30-32,34,36-59H2,1-5H3/p+1/b11-9-,17-15-,23-21-,29-27-,35-33-. The van der Waals surface area contributed by atoms with Crippen molar-refractivity contribution in [2.24, 2.45) is 0 Å². The van der Waals surface area contributed by atoms with Gasteiger partial charge in [0.15, 0.2) is 0 Å². The van der Waals surface area contributed by atoms with Crippen molar-refractivity contribution in [3.63, 3.8) is 0 Å². The minimum absolute atomic E-state index is 0.0862. The lowest BCUT2D eigenvalue weighted by molar-refractivity contribution is -0.870. The zero-order chi connectivity index (χ0) is 51.2. The van der Waals surface area contributed by atoms with Crippen LogP contribution in [0.5, 0.6) is 0 Å². The molecule has 0 aromatic heterocycles. The van der Waals surface area contributed by atoms with E-state index in [9.17, 15) is 14.3 Å². The second kappa shape index (κ2) is 53.5. The van der Waals surface area contributed by atoms with E-state index >= 15 is 0 Å². The number of rotatable bonds is 55. The molecule has 0 heterocycles. The number of phosphoric ester groups is 1. The number of carbonyl (C=O) groups excluding carboxylic acids is 1. The highest BCUT2D eigenvalue weighted by Crippen LogP contribution is 2.43. The minimum Gasteiger partial charge on any atom is -0.457 e.